The van der Waals surface area contributed by atoms with E-state index in [2.05, 4.69) is 4.74 Å². The van der Waals surface area contributed by atoms with Gasteiger partial charge in [0.2, 0.25) is 0 Å². The molecule has 1 aliphatic heterocycles. The van der Waals surface area contributed by atoms with E-state index >= 15 is 0 Å². The number of carbonyl (C=O) groups excluding carboxylic acids is 2. The molecule has 2 aromatic carbocycles. The summed E-state index contributed by atoms with van der Waals surface area (Å²) in [7, 11) is 0. The van der Waals surface area contributed by atoms with Crippen molar-refractivity contribution in [1.29, 1.82) is 5.26 Å². The van der Waals surface area contributed by atoms with Gasteiger partial charge in [0.25, 0.3) is 0 Å². The molecule has 0 atom stereocenters. The number of nitriles is 1. The average Bonchev–Trinajstić information content (AvgIpc) is 2.74. The Morgan fingerprint density at radius 3 is 2.50 bits per heavy atom. The number of hydrogen-bond acceptors (Lipinski definition) is 5. The molecule has 0 bridgehead atoms. The fraction of sp³-hybridized carbons (Fsp3) is 0. The van der Waals surface area contributed by atoms with E-state index in [-0.39, 0.29) is 11.1 Å². The summed E-state index contributed by atoms with van der Waals surface area (Å²) in [4.78, 5) is 22.7. The lowest BCUT2D eigenvalue weighted by atomic mass is 10.1. The molecule has 0 radical (unpaired) electrons. The van der Waals surface area contributed by atoms with Crippen LogP contribution in [0.25, 0.3) is 0 Å². The number of hydrogen-bond donors (Lipinski definition) is 0. The minimum Gasteiger partial charge on any atom is -0.457 e. The smallest absolute Gasteiger partial charge is 0.347 e. The van der Waals surface area contributed by atoms with Crippen LogP contribution in [0.15, 0.2) is 42.5 Å². The van der Waals surface area contributed by atoms with Gasteiger partial charge >= 0.3 is 11.9 Å². The number of esters is 2. The van der Waals surface area contributed by atoms with Gasteiger partial charge in [-0.3, -0.25) is 0 Å². The van der Waals surface area contributed by atoms with Crippen molar-refractivity contribution in [2.24, 2.45) is 0 Å². The molecular formula is C15H7NO4. The molecule has 0 unspecified atom stereocenters. The molecule has 0 saturated heterocycles. The normalized spacial score (nSPS) is 12.6. The Bertz CT molecular complexity index is 774. The zero-order chi connectivity index (χ0) is 14.1. The summed E-state index contributed by atoms with van der Waals surface area (Å²) in [5.74, 6) is -0.462. The summed E-state index contributed by atoms with van der Waals surface area (Å²) < 4.78 is 10.1. The van der Waals surface area contributed by atoms with E-state index in [0.29, 0.717) is 17.1 Å². The molecule has 5 nitrogen and oxygen atoms in total. The predicted molar refractivity (Wildman–Crippen MR) is 67.4 cm³/mol. The largest absolute Gasteiger partial charge is 0.457 e. The summed E-state index contributed by atoms with van der Waals surface area (Å²) >= 11 is 0. The zero-order valence-electron chi connectivity index (χ0n) is 10.1. The van der Waals surface area contributed by atoms with Gasteiger partial charge in [-0.2, -0.15) is 5.26 Å². The molecule has 0 aliphatic carbocycles. The summed E-state index contributed by atoms with van der Waals surface area (Å²) in [6, 6.07) is 13.1. The minimum absolute atomic E-state index is 0.184. The number of fused-ring (bicyclic) bond motifs is 1. The molecule has 1 heterocycles. The van der Waals surface area contributed by atoms with E-state index in [1.807, 2.05) is 6.07 Å². The predicted octanol–water partition coefficient (Wildman–Crippen LogP) is 2.66. The van der Waals surface area contributed by atoms with Gasteiger partial charge in [0.15, 0.2) is 0 Å². The van der Waals surface area contributed by atoms with E-state index in [9.17, 15) is 9.59 Å². The highest BCUT2D eigenvalue weighted by Crippen LogP contribution is 2.28. The van der Waals surface area contributed by atoms with Crippen LogP contribution in [0.1, 0.15) is 26.3 Å². The van der Waals surface area contributed by atoms with Crippen molar-refractivity contribution in [1.82, 2.24) is 0 Å². The maximum atomic E-state index is 11.4. The first-order valence-electron chi connectivity index (χ1n) is 5.76. The van der Waals surface area contributed by atoms with Gasteiger partial charge in [0, 0.05) is 0 Å². The number of cyclic esters (lactones) is 2. The average molecular weight is 265 g/mol. The molecule has 2 aromatic rings. The molecule has 0 saturated carbocycles. The third-order valence-corrected chi connectivity index (χ3v) is 2.82. The molecule has 5 heteroatoms. The Morgan fingerprint density at radius 2 is 1.70 bits per heavy atom. The topological polar surface area (TPSA) is 76.4 Å². The van der Waals surface area contributed by atoms with E-state index in [1.165, 1.54) is 12.1 Å². The maximum absolute atomic E-state index is 11.4. The Kier molecular flexibility index (Phi) is 2.70. The van der Waals surface area contributed by atoms with Crippen LogP contribution in [0.3, 0.4) is 0 Å². The Labute approximate surface area is 114 Å². The lowest BCUT2D eigenvalue weighted by molar-refractivity contribution is 0.0443. The van der Waals surface area contributed by atoms with Crippen LogP contribution in [0.4, 0.5) is 0 Å². The van der Waals surface area contributed by atoms with Gasteiger partial charge in [-0.05, 0) is 36.4 Å². The van der Waals surface area contributed by atoms with E-state index < -0.39 is 11.9 Å². The maximum Gasteiger partial charge on any atom is 0.347 e. The SMILES string of the molecule is N#Cc1cccc(Oc2ccc3c(c2)C(=O)OC3=O)c1. The standard InChI is InChI=1S/C15H7NO4/c16-8-9-2-1-3-10(6-9)19-11-4-5-12-13(7-11)15(18)20-14(12)17/h1-7H. The van der Waals surface area contributed by atoms with Gasteiger partial charge in [-0.25, -0.2) is 9.59 Å². The summed E-state index contributed by atoms with van der Waals surface area (Å²) in [6.07, 6.45) is 0. The highest BCUT2D eigenvalue weighted by Gasteiger charge is 2.29. The Morgan fingerprint density at radius 1 is 0.950 bits per heavy atom. The molecule has 3 rings (SSSR count). The highest BCUT2D eigenvalue weighted by molar-refractivity contribution is 6.14. The van der Waals surface area contributed by atoms with Gasteiger partial charge in [-0.1, -0.05) is 6.07 Å². The van der Waals surface area contributed by atoms with Gasteiger partial charge in [0.1, 0.15) is 11.5 Å². The van der Waals surface area contributed by atoms with Crippen LogP contribution in [0, 0.1) is 11.3 Å². The van der Waals surface area contributed by atoms with Crippen molar-refractivity contribution in [2.45, 2.75) is 0 Å². The van der Waals surface area contributed by atoms with Crippen LogP contribution in [-0.4, -0.2) is 11.9 Å². The van der Waals surface area contributed by atoms with E-state index in [1.54, 1.807) is 30.3 Å². The van der Waals surface area contributed by atoms with Crippen molar-refractivity contribution >= 4 is 11.9 Å². The zero-order valence-corrected chi connectivity index (χ0v) is 10.1. The number of carbonyl (C=O) groups is 2. The highest BCUT2D eigenvalue weighted by atomic mass is 16.6. The van der Waals surface area contributed by atoms with Crippen molar-refractivity contribution in [3.8, 4) is 17.6 Å². The van der Waals surface area contributed by atoms with Gasteiger partial charge in [0.05, 0.1) is 22.8 Å². The van der Waals surface area contributed by atoms with Crippen LogP contribution in [0.5, 0.6) is 11.5 Å². The first kappa shape index (κ1) is 11.9. The first-order valence-corrected chi connectivity index (χ1v) is 5.76. The van der Waals surface area contributed by atoms with Gasteiger partial charge in [-0.15, -0.1) is 0 Å². The molecule has 0 N–H and O–H groups in total. The van der Waals surface area contributed by atoms with Crippen LogP contribution in [-0.2, 0) is 4.74 Å². The Hall–Kier alpha value is -3.13. The fourth-order valence-corrected chi connectivity index (χ4v) is 1.89. The van der Waals surface area contributed by atoms with Crippen LogP contribution in [0.2, 0.25) is 0 Å². The molecule has 0 fully saturated rings. The van der Waals surface area contributed by atoms with Crippen molar-refractivity contribution in [2.75, 3.05) is 0 Å². The number of ether oxygens (including phenoxy) is 2. The quantitative estimate of drug-likeness (QED) is 0.616. The molecule has 96 valence electrons. The molecule has 0 amide bonds. The lowest BCUT2D eigenvalue weighted by Crippen LogP contribution is -1.96. The summed E-state index contributed by atoms with van der Waals surface area (Å²) in [5, 5.41) is 8.81. The van der Waals surface area contributed by atoms with Crippen molar-refractivity contribution < 1.29 is 19.1 Å². The number of benzene rings is 2. The monoisotopic (exact) mass is 265 g/mol. The molecule has 1 aliphatic rings. The lowest BCUT2D eigenvalue weighted by Gasteiger charge is -2.06. The van der Waals surface area contributed by atoms with Crippen molar-refractivity contribution in [3.05, 3.63) is 59.2 Å². The second-order valence-electron chi connectivity index (χ2n) is 4.13. The molecule has 20 heavy (non-hydrogen) atoms. The summed E-state index contributed by atoms with van der Waals surface area (Å²) in [5.41, 5.74) is 0.885. The van der Waals surface area contributed by atoms with E-state index in [4.69, 9.17) is 10.00 Å². The van der Waals surface area contributed by atoms with E-state index in [0.717, 1.165) is 0 Å². The number of rotatable bonds is 2. The second-order valence-corrected chi connectivity index (χ2v) is 4.13. The van der Waals surface area contributed by atoms with Crippen molar-refractivity contribution in [3.63, 3.8) is 0 Å². The minimum atomic E-state index is -0.679. The van der Waals surface area contributed by atoms with Crippen LogP contribution >= 0.6 is 0 Å². The molecule has 0 aromatic heterocycles. The Balaban J connectivity index is 1.93. The van der Waals surface area contributed by atoms with Crippen LogP contribution < -0.4 is 4.74 Å². The fourth-order valence-electron chi connectivity index (χ4n) is 1.89. The number of nitrogens with zero attached hydrogens (tertiary/aromatic N) is 1. The molecule has 0 spiro atoms. The summed E-state index contributed by atoms with van der Waals surface area (Å²) in [6.45, 7) is 0. The second kappa shape index (κ2) is 4.52. The third-order valence-electron chi connectivity index (χ3n) is 2.82. The van der Waals surface area contributed by atoms with Gasteiger partial charge < -0.3 is 9.47 Å². The third kappa shape index (κ3) is 1.99. The molecular weight excluding hydrogens is 258 g/mol. The first-order chi connectivity index (χ1) is 9.67.